The van der Waals surface area contributed by atoms with Crippen LogP contribution in [0.4, 0.5) is 44.3 Å². The van der Waals surface area contributed by atoms with Crippen molar-refractivity contribution in [2.45, 2.75) is 70.6 Å². The second kappa shape index (κ2) is 11.6. The molecular formula is C31H28F9NO3. The van der Waals surface area contributed by atoms with Crippen molar-refractivity contribution in [3.05, 3.63) is 87.7 Å². The molecule has 2 atom stereocenters. The maximum atomic E-state index is 14.8. The molecule has 3 aromatic rings. The summed E-state index contributed by atoms with van der Waals surface area (Å²) in [7, 11) is 1.29. The molecule has 1 heterocycles. The largest absolute Gasteiger partial charge is 0.496 e. The summed E-state index contributed by atoms with van der Waals surface area (Å²) >= 11 is 0. The quantitative estimate of drug-likeness (QED) is 0.243. The minimum Gasteiger partial charge on any atom is -0.496 e. The van der Waals surface area contributed by atoms with Gasteiger partial charge < -0.3 is 9.47 Å². The van der Waals surface area contributed by atoms with Crippen molar-refractivity contribution in [3.63, 3.8) is 0 Å². The first-order valence-corrected chi connectivity index (χ1v) is 13.4. The van der Waals surface area contributed by atoms with E-state index in [1.165, 1.54) is 26.2 Å². The van der Waals surface area contributed by atoms with Crippen LogP contribution in [0.5, 0.6) is 5.75 Å². The van der Waals surface area contributed by atoms with Gasteiger partial charge in [-0.1, -0.05) is 26.0 Å². The third kappa shape index (κ3) is 6.61. The van der Waals surface area contributed by atoms with E-state index in [1.807, 2.05) is 0 Å². The van der Waals surface area contributed by atoms with Crippen molar-refractivity contribution in [1.82, 2.24) is 4.90 Å². The fourth-order valence-corrected chi connectivity index (χ4v) is 5.14. The van der Waals surface area contributed by atoms with Crippen LogP contribution >= 0.6 is 0 Å². The van der Waals surface area contributed by atoms with Crippen molar-refractivity contribution < 1.29 is 53.8 Å². The summed E-state index contributed by atoms with van der Waals surface area (Å²) in [5, 5.41) is 0. The molecule has 0 spiro atoms. The topological polar surface area (TPSA) is 38.8 Å². The number of cyclic esters (lactones) is 1. The van der Waals surface area contributed by atoms with Crippen molar-refractivity contribution >= 4 is 6.09 Å². The van der Waals surface area contributed by atoms with Crippen LogP contribution in [0.15, 0.2) is 48.5 Å². The molecule has 4 rings (SSSR count). The van der Waals surface area contributed by atoms with Crippen LogP contribution in [-0.2, 0) is 29.6 Å². The van der Waals surface area contributed by atoms with E-state index in [2.05, 4.69) is 0 Å². The third-order valence-electron chi connectivity index (χ3n) is 7.51. The minimum absolute atomic E-state index is 0.0348. The van der Waals surface area contributed by atoms with E-state index in [9.17, 15) is 44.3 Å². The first-order valence-electron chi connectivity index (χ1n) is 13.4. The van der Waals surface area contributed by atoms with Gasteiger partial charge >= 0.3 is 18.4 Å². The highest BCUT2D eigenvalue weighted by molar-refractivity contribution is 5.76. The number of carbonyl (C=O) groups excluding carboxylic acids is 1. The molecule has 1 aliphatic rings. The van der Waals surface area contributed by atoms with E-state index in [1.54, 1.807) is 13.8 Å². The first-order chi connectivity index (χ1) is 20.2. The average Bonchev–Trinajstić information content (AvgIpc) is 3.19. The predicted octanol–water partition coefficient (Wildman–Crippen LogP) is 9.86. The molecule has 0 aliphatic carbocycles. The van der Waals surface area contributed by atoms with Crippen LogP contribution in [0.25, 0.3) is 11.1 Å². The van der Waals surface area contributed by atoms with E-state index in [0.29, 0.717) is 35.7 Å². The second-order valence-electron chi connectivity index (χ2n) is 11.0. The molecule has 0 N–H and O–H groups in total. The van der Waals surface area contributed by atoms with E-state index >= 15 is 0 Å². The number of hydrogen-bond acceptors (Lipinski definition) is 3. The van der Waals surface area contributed by atoms with Gasteiger partial charge in [-0.05, 0) is 65.4 Å². The Balaban J connectivity index is 1.81. The Hall–Kier alpha value is -3.90. The van der Waals surface area contributed by atoms with Crippen LogP contribution in [-0.4, -0.2) is 24.1 Å². The number of benzene rings is 3. The van der Waals surface area contributed by atoms with Crippen molar-refractivity contribution in [2.24, 2.45) is 0 Å². The van der Waals surface area contributed by atoms with Gasteiger partial charge in [0.05, 0.1) is 30.8 Å². The van der Waals surface area contributed by atoms with Crippen LogP contribution in [0, 0.1) is 5.82 Å². The van der Waals surface area contributed by atoms with E-state index in [4.69, 9.17) is 9.47 Å². The van der Waals surface area contributed by atoms with Gasteiger partial charge in [0.1, 0.15) is 17.7 Å². The Morgan fingerprint density at radius 3 is 1.95 bits per heavy atom. The molecule has 44 heavy (non-hydrogen) atoms. The molecular weight excluding hydrogens is 605 g/mol. The fraction of sp³-hybridized carbons (Fsp3) is 0.387. The van der Waals surface area contributed by atoms with Gasteiger partial charge in [0.2, 0.25) is 0 Å². The Kier molecular flexibility index (Phi) is 8.66. The van der Waals surface area contributed by atoms with Crippen molar-refractivity contribution in [1.29, 1.82) is 0 Å². The van der Waals surface area contributed by atoms with Crippen molar-refractivity contribution in [3.8, 4) is 16.9 Å². The van der Waals surface area contributed by atoms with E-state index in [-0.39, 0.29) is 23.3 Å². The molecule has 1 fully saturated rings. The number of hydrogen-bond donors (Lipinski definition) is 0. The summed E-state index contributed by atoms with van der Waals surface area (Å²) in [6.45, 7) is 5.09. The summed E-state index contributed by atoms with van der Waals surface area (Å²) in [5.41, 5.74) is -3.07. The predicted molar refractivity (Wildman–Crippen MR) is 143 cm³/mol. The monoisotopic (exact) mass is 633 g/mol. The van der Waals surface area contributed by atoms with Gasteiger partial charge in [0, 0.05) is 24.1 Å². The van der Waals surface area contributed by atoms with E-state index < -0.39 is 71.1 Å². The Morgan fingerprint density at radius 2 is 1.45 bits per heavy atom. The molecule has 1 saturated heterocycles. The summed E-state index contributed by atoms with van der Waals surface area (Å²) in [5.74, 6) is -4.07. The molecule has 1 amide bonds. The van der Waals surface area contributed by atoms with Crippen LogP contribution in [0.1, 0.15) is 73.1 Å². The van der Waals surface area contributed by atoms with Gasteiger partial charge in [-0.2, -0.15) is 26.3 Å². The molecule has 0 saturated carbocycles. The zero-order chi connectivity index (χ0) is 32.9. The minimum atomic E-state index is -5.12. The van der Waals surface area contributed by atoms with Gasteiger partial charge in [-0.25, -0.2) is 18.0 Å². The van der Waals surface area contributed by atoms with Crippen LogP contribution in [0.2, 0.25) is 0 Å². The SMILES string of the molecule is COc1cc(F)c(C(C)C)cc1-c1ccc(C(C)(F)F)cc1CN1C(=O)O[C@H](c2cc(C(F)(F)F)cc(C(F)(F)F)c2)[C@@H]1C. The second-order valence-corrected chi connectivity index (χ2v) is 11.0. The smallest absolute Gasteiger partial charge is 0.416 e. The Bertz CT molecular complexity index is 1530. The molecule has 4 nitrogen and oxygen atoms in total. The summed E-state index contributed by atoms with van der Waals surface area (Å²) in [6.07, 6.45) is -12.9. The number of halogens is 9. The summed E-state index contributed by atoms with van der Waals surface area (Å²) in [4.78, 5) is 14.0. The van der Waals surface area contributed by atoms with Gasteiger partial charge in [-0.3, -0.25) is 4.90 Å². The highest BCUT2D eigenvalue weighted by Crippen LogP contribution is 2.43. The van der Waals surface area contributed by atoms with Gasteiger partial charge in [0.15, 0.2) is 0 Å². The lowest BCUT2D eigenvalue weighted by Gasteiger charge is -2.25. The highest BCUT2D eigenvalue weighted by atomic mass is 19.4. The first kappa shape index (κ1) is 33.0. The number of rotatable bonds is 7. The molecule has 0 bridgehead atoms. The molecule has 3 aromatic carbocycles. The molecule has 13 heteroatoms. The van der Waals surface area contributed by atoms with Gasteiger partial charge in [0.25, 0.3) is 5.92 Å². The third-order valence-corrected chi connectivity index (χ3v) is 7.51. The maximum absolute atomic E-state index is 14.8. The number of ether oxygens (including phenoxy) is 2. The average molecular weight is 634 g/mol. The zero-order valence-electron chi connectivity index (χ0n) is 24.1. The molecule has 238 valence electrons. The number of alkyl halides is 8. The lowest BCUT2D eigenvalue weighted by atomic mass is 9.91. The lowest BCUT2D eigenvalue weighted by molar-refractivity contribution is -0.143. The van der Waals surface area contributed by atoms with E-state index in [0.717, 1.165) is 23.1 Å². The van der Waals surface area contributed by atoms with Gasteiger partial charge in [-0.15, -0.1) is 0 Å². The standard InChI is InChI=1S/C31H28F9NO3/c1-15(2)23-12-24(26(43-5)13-25(23)32)22-7-6-19(29(4,33)34)10-18(22)14-41-16(3)27(44-28(41)42)17-8-20(30(35,36)37)11-21(9-17)31(38,39)40/h6-13,15-16,27H,14H2,1-5H3/t16-,27-/m0/s1. The number of amides is 1. The number of carbonyl (C=O) groups is 1. The lowest BCUT2D eigenvalue weighted by Crippen LogP contribution is -2.32. The summed E-state index contributed by atoms with van der Waals surface area (Å²) < 4.78 is 135. The molecule has 1 aliphatic heterocycles. The molecule has 0 radical (unpaired) electrons. The maximum Gasteiger partial charge on any atom is 0.416 e. The Labute approximate surface area is 247 Å². The summed E-state index contributed by atoms with van der Waals surface area (Å²) in [6, 6.07) is 6.09. The van der Waals surface area contributed by atoms with Crippen molar-refractivity contribution in [2.75, 3.05) is 7.11 Å². The fourth-order valence-electron chi connectivity index (χ4n) is 5.14. The van der Waals surface area contributed by atoms with Crippen LogP contribution in [0.3, 0.4) is 0 Å². The number of nitrogens with zero attached hydrogens (tertiary/aromatic N) is 1. The normalized spacial score (nSPS) is 17.8. The molecule has 0 unspecified atom stereocenters. The molecule has 0 aromatic heterocycles. The number of methoxy groups -OCH3 is 1. The zero-order valence-corrected chi connectivity index (χ0v) is 24.1. The Morgan fingerprint density at radius 1 is 0.864 bits per heavy atom. The van der Waals surface area contributed by atoms with Crippen LogP contribution < -0.4 is 4.74 Å². The highest BCUT2D eigenvalue weighted by Gasteiger charge is 2.43.